The normalized spacial score (nSPS) is 16.5. The van der Waals surface area contributed by atoms with Gasteiger partial charge in [-0.3, -0.25) is 4.79 Å². The highest BCUT2D eigenvalue weighted by atomic mass is 16.5. The van der Waals surface area contributed by atoms with Gasteiger partial charge < -0.3 is 9.64 Å². The maximum Gasteiger partial charge on any atom is 0.338 e. The summed E-state index contributed by atoms with van der Waals surface area (Å²) in [4.78, 5) is 26.4. The molecule has 8 heteroatoms. The van der Waals surface area contributed by atoms with Gasteiger partial charge in [0.25, 0.3) is 5.91 Å². The highest BCUT2D eigenvalue weighted by Gasteiger charge is 2.27. The summed E-state index contributed by atoms with van der Waals surface area (Å²) in [6.45, 7) is 5.25. The molecule has 1 aliphatic rings. The Morgan fingerprint density at radius 1 is 1.20 bits per heavy atom. The average molecular weight is 343 g/mol. The molecule has 1 saturated heterocycles. The molecule has 25 heavy (non-hydrogen) atoms. The van der Waals surface area contributed by atoms with Crippen molar-refractivity contribution in [3.8, 4) is 5.69 Å². The van der Waals surface area contributed by atoms with Crippen LogP contribution < -0.4 is 0 Å². The zero-order valence-electron chi connectivity index (χ0n) is 14.3. The summed E-state index contributed by atoms with van der Waals surface area (Å²) in [7, 11) is 0. The summed E-state index contributed by atoms with van der Waals surface area (Å²) < 4.78 is 6.82. The number of likely N-dealkylation sites (tertiary alicyclic amines) is 1. The lowest BCUT2D eigenvalue weighted by Crippen LogP contribution is -2.44. The molecule has 8 nitrogen and oxygen atoms in total. The van der Waals surface area contributed by atoms with E-state index in [4.69, 9.17) is 4.74 Å². The van der Waals surface area contributed by atoms with Crippen LogP contribution in [0, 0.1) is 5.92 Å². The second-order valence-electron chi connectivity index (χ2n) is 6.36. The molecule has 1 unspecified atom stereocenters. The predicted octanol–water partition coefficient (Wildman–Crippen LogP) is 1.47. The molecule has 1 fully saturated rings. The number of nitrogens with zero attached hydrogens (tertiary/aromatic N) is 5. The Morgan fingerprint density at radius 2 is 1.88 bits per heavy atom. The fourth-order valence-electron chi connectivity index (χ4n) is 2.79. The molecule has 1 aromatic carbocycles. The zero-order chi connectivity index (χ0) is 17.8. The van der Waals surface area contributed by atoms with Crippen LogP contribution in [-0.4, -0.2) is 56.2 Å². The Morgan fingerprint density at radius 3 is 2.48 bits per heavy atom. The molecule has 1 aromatic heterocycles. The number of piperidine rings is 1. The van der Waals surface area contributed by atoms with Gasteiger partial charge in [-0.05, 0) is 60.4 Å². The summed E-state index contributed by atoms with van der Waals surface area (Å²) in [5, 5.41) is 10.9. The van der Waals surface area contributed by atoms with Gasteiger partial charge in [0.05, 0.1) is 11.3 Å². The number of amides is 1. The number of hydrogen-bond donors (Lipinski definition) is 0. The van der Waals surface area contributed by atoms with Crippen molar-refractivity contribution < 1.29 is 14.3 Å². The molecule has 3 rings (SSSR count). The van der Waals surface area contributed by atoms with Crippen molar-refractivity contribution in [3.63, 3.8) is 0 Å². The largest absolute Gasteiger partial charge is 0.449 e. The molecule has 1 amide bonds. The highest BCUT2D eigenvalue weighted by molar-refractivity contribution is 5.92. The van der Waals surface area contributed by atoms with Gasteiger partial charge in [0.2, 0.25) is 0 Å². The van der Waals surface area contributed by atoms with Crippen LogP contribution in [-0.2, 0) is 9.53 Å². The molecule has 0 aliphatic carbocycles. The van der Waals surface area contributed by atoms with E-state index in [0.29, 0.717) is 11.5 Å². The van der Waals surface area contributed by atoms with Crippen LogP contribution >= 0.6 is 0 Å². The van der Waals surface area contributed by atoms with Crippen molar-refractivity contribution in [1.82, 2.24) is 25.1 Å². The Hall–Kier alpha value is -2.77. The number of tetrazole rings is 1. The van der Waals surface area contributed by atoms with E-state index in [1.165, 1.54) is 11.0 Å². The van der Waals surface area contributed by atoms with Crippen LogP contribution in [0.1, 0.15) is 37.0 Å². The summed E-state index contributed by atoms with van der Waals surface area (Å²) in [6.07, 6.45) is 2.66. The van der Waals surface area contributed by atoms with E-state index < -0.39 is 12.1 Å². The van der Waals surface area contributed by atoms with Gasteiger partial charge in [-0.15, -0.1) is 5.10 Å². The number of benzene rings is 1. The number of esters is 1. The van der Waals surface area contributed by atoms with Gasteiger partial charge in [0, 0.05) is 13.1 Å². The SMILES string of the molecule is CC1CCN(C(=O)C(C)OC(=O)c2ccc(-n3cnnn3)cc2)CC1. The molecular weight excluding hydrogens is 322 g/mol. The molecule has 0 bridgehead atoms. The molecule has 0 saturated carbocycles. The lowest BCUT2D eigenvalue weighted by Gasteiger charge is -2.31. The van der Waals surface area contributed by atoms with Gasteiger partial charge in [-0.1, -0.05) is 6.92 Å². The van der Waals surface area contributed by atoms with Crippen LogP contribution in [0.15, 0.2) is 30.6 Å². The van der Waals surface area contributed by atoms with Crippen LogP contribution in [0.3, 0.4) is 0 Å². The van der Waals surface area contributed by atoms with E-state index in [1.807, 2.05) is 0 Å². The minimum atomic E-state index is -0.792. The number of rotatable bonds is 4. The number of ether oxygens (including phenoxy) is 1. The topological polar surface area (TPSA) is 90.2 Å². The Bertz CT molecular complexity index is 721. The third kappa shape index (κ3) is 4.01. The molecule has 2 aromatic rings. The third-order valence-electron chi connectivity index (χ3n) is 4.44. The quantitative estimate of drug-likeness (QED) is 0.781. The van der Waals surface area contributed by atoms with E-state index in [1.54, 1.807) is 36.1 Å². The number of carbonyl (C=O) groups is 2. The average Bonchev–Trinajstić information content (AvgIpc) is 3.16. The number of aromatic nitrogens is 4. The van der Waals surface area contributed by atoms with E-state index in [-0.39, 0.29) is 5.91 Å². The first kappa shape index (κ1) is 17.1. The molecular formula is C17H21N5O3. The number of carbonyl (C=O) groups excluding carboxylic acids is 2. The Kier molecular flexibility index (Phi) is 5.06. The van der Waals surface area contributed by atoms with E-state index in [0.717, 1.165) is 31.6 Å². The van der Waals surface area contributed by atoms with Crippen molar-refractivity contribution in [2.24, 2.45) is 5.92 Å². The Labute approximate surface area is 145 Å². The second kappa shape index (κ2) is 7.42. The van der Waals surface area contributed by atoms with Gasteiger partial charge in [0.15, 0.2) is 6.10 Å². The van der Waals surface area contributed by atoms with Crippen LogP contribution in [0.4, 0.5) is 0 Å². The fourth-order valence-corrected chi connectivity index (χ4v) is 2.79. The fraction of sp³-hybridized carbons (Fsp3) is 0.471. The van der Waals surface area contributed by atoms with Crippen molar-refractivity contribution in [3.05, 3.63) is 36.2 Å². The van der Waals surface area contributed by atoms with Crippen molar-refractivity contribution >= 4 is 11.9 Å². The van der Waals surface area contributed by atoms with Crippen molar-refractivity contribution in [2.75, 3.05) is 13.1 Å². The molecule has 132 valence electrons. The molecule has 1 aliphatic heterocycles. The van der Waals surface area contributed by atoms with Crippen molar-refractivity contribution in [2.45, 2.75) is 32.8 Å². The van der Waals surface area contributed by atoms with Gasteiger partial charge in [0.1, 0.15) is 6.33 Å². The lowest BCUT2D eigenvalue weighted by molar-refractivity contribution is -0.141. The monoisotopic (exact) mass is 343 g/mol. The summed E-state index contributed by atoms with van der Waals surface area (Å²) in [6, 6.07) is 6.68. The van der Waals surface area contributed by atoms with Gasteiger partial charge in [-0.25, -0.2) is 9.48 Å². The maximum atomic E-state index is 12.4. The lowest BCUT2D eigenvalue weighted by atomic mass is 9.99. The van der Waals surface area contributed by atoms with E-state index >= 15 is 0 Å². The molecule has 0 radical (unpaired) electrons. The first-order valence-electron chi connectivity index (χ1n) is 8.38. The van der Waals surface area contributed by atoms with Crippen LogP contribution in [0.25, 0.3) is 5.69 Å². The third-order valence-corrected chi connectivity index (χ3v) is 4.44. The summed E-state index contributed by atoms with van der Waals surface area (Å²) >= 11 is 0. The van der Waals surface area contributed by atoms with Crippen LogP contribution in [0.5, 0.6) is 0 Å². The number of hydrogen-bond acceptors (Lipinski definition) is 6. The second-order valence-corrected chi connectivity index (χ2v) is 6.36. The first-order valence-corrected chi connectivity index (χ1v) is 8.38. The Balaban J connectivity index is 1.58. The summed E-state index contributed by atoms with van der Waals surface area (Å²) in [5.41, 5.74) is 1.11. The van der Waals surface area contributed by atoms with Gasteiger partial charge in [-0.2, -0.15) is 0 Å². The van der Waals surface area contributed by atoms with Gasteiger partial charge >= 0.3 is 5.97 Å². The molecule has 2 heterocycles. The molecule has 0 spiro atoms. The van der Waals surface area contributed by atoms with Crippen LogP contribution in [0.2, 0.25) is 0 Å². The zero-order valence-corrected chi connectivity index (χ0v) is 14.3. The molecule has 0 N–H and O–H groups in total. The van der Waals surface area contributed by atoms with Crippen molar-refractivity contribution in [1.29, 1.82) is 0 Å². The standard InChI is InChI=1S/C17H21N5O3/c1-12-7-9-21(10-8-12)16(23)13(2)25-17(24)14-3-5-15(6-4-14)22-11-18-19-20-22/h3-6,11-13H,7-10H2,1-2H3. The molecule has 1 atom stereocenters. The highest BCUT2D eigenvalue weighted by Crippen LogP contribution is 2.17. The minimum Gasteiger partial charge on any atom is -0.449 e. The van der Waals surface area contributed by atoms with E-state index in [9.17, 15) is 9.59 Å². The smallest absolute Gasteiger partial charge is 0.338 e. The maximum absolute atomic E-state index is 12.4. The first-order chi connectivity index (χ1) is 12.0. The summed E-state index contributed by atoms with van der Waals surface area (Å²) in [5.74, 6) is -0.0133. The predicted molar refractivity (Wildman–Crippen MR) is 89.0 cm³/mol. The van der Waals surface area contributed by atoms with E-state index in [2.05, 4.69) is 22.4 Å². The minimum absolute atomic E-state index is 0.134.